The minimum atomic E-state index is -4.40. The van der Waals surface area contributed by atoms with Crippen LogP contribution in [0.4, 0.5) is 56.6 Å². The van der Waals surface area contributed by atoms with Crippen LogP contribution in [0.2, 0.25) is 0 Å². The molecule has 0 radical (unpaired) electrons. The zero-order valence-corrected chi connectivity index (χ0v) is 36.8. The number of benzene rings is 4. The van der Waals surface area contributed by atoms with Crippen molar-refractivity contribution in [1.82, 2.24) is 54.8 Å². The summed E-state index contributed by atoms with van der Waals surface area (Å²) in [5.74, 6) is 0.631. The third kappa shape index (κ3) is 12.6. The fourth-order valence-electron chi connectivity index (χ4n) is 7.35. The number of halogens is 5. The third-order valence-electron chi connectivity index (χ3n) is 10.8. The highest BCUT2D eigenvalue weighted by Gasteiger charge is 2.26. The predicted octanol–water partition coefficient (Wildman–Crippen LogP) is 6.11. The Morgan fingerprint density at radius 3 is 1.68 bits per heavy atom. The number of anilines is 6. The molecule has 0 saturated carbocycles. The van der Waals surface area contributed by atoms with E-state index >= 15 is 0 Å². The molecular formula is C46H46F5N17O. The van der Waals surface area contributed by atoms with Crippen molar-refractivity contribution < 1.29 is 27.1 Å². The van der Waals surface area contributed by atoms with E-state index in [1.165, 1.54) is 36.9 Å². The molecule has 356 valence electrons. The standard InChI is InChI=1S/C25H28FN9O.C21H18F4N8/c26-20-3-1-2-18(12-20)16-35-23-5-4-21(13-19(23)14-31-35)32-25-22(24(27)28-17-29-25)15-30-34-8-6-33(7-9-34)10-11-36;22-15-3-1-2-13(6-15)10-33-18-5-4-16(7-14(18)8-31-33)32-20-17(19(26)27-12-28-20)9-29-30-11-21(23,24)25/h1-5,12-15,17,36H,6-11,16H2,(H3,27,28,29,32);1-9,12,30H,10-11H2,(H3,26,27,28,32)/b30-15+;29-9+. The number of hydrogen-bond donors (Lipinski definition) is 6. The number of aliphatic hydroxyl groups excluding tert-OH is 1. The van der Waals surface area contributed by atoms with Crippen molar-refractivity contribution >= 4 is 68.9 Å². The first-order valence-corrected chi connectivity index (χ1v) is 21.5. The van der Waals surface area contributed by atoms with Crippen LogP contribution in [0.1, 0.15) is 22.3 Å². The van der Waals surface area contributed by atoms with Gasteiger partial charge >= 0.3 is 6.18 Å². The van der Waals surface area contributed by atoms with Crippen molar-refractivity contribution in [2.75, 3.05) is 68.0 Å². The summed E-state index contributed by atoms with van der Waals surface area (Å²) in [6.45, 7) is 3.66. The van der Waals surface area contributed by atoms with Crippen LogP contribution in [0.5, 0.6) is 0 Å². The molecule has 1 saturated heterocycles. The number of aliphatic hydroxyl groups is 1. The molecule has 18 nitrogen and oxygen atoms in total. The van der Waals surface area contributed by atoms with E-state index in [2.05, 4.69) is 55.9 Å². The van der Waals surface area contributed by atoms with E-state index in [9.17, 15) is 22.0 Å². The molecule has 1 fully saturated rings. The minimum Gasteiger partial charge on any atom is -0.395 e. The summed E-state index contributed by atoms with van der Waals surface area (Å²) < 4.78 is 67.4. The molecule has 0 amide bonds. The van der Waals surface area contributed by atoms with Gasteiger partial charge in [0, 0.05) is 54.9 Å². The number of hydrogen-bond acceptors (Lipinski definition) is 16. The highest BCUT2D eigenvalue weighted by Crippen LogP contribution is 2.27. The van der Waals surface area contributed by atoms with Gasteiger partial charge in [-0.25, -0.2) is 28.7 Å². The molecule has 4 aromatic heterocycles. The monoisotopic (exact) mass is 947 g/mol. The molecule has 0 bridgehead atoms. The predicted molar refractivity (Wildman–Crippen MR) is 254 cm³/mol. The number of piperazine rings is 1. The second-order valence-electron chi connectivity index (χ2n) is 15.7. The van der Waals surface area contributed by atoms with Gasteiger partial charge in [0.1, 0.15) is 54.1 Å². The Morgan fingerprint density at radius 2 is 1.19 bits per heavy atom. The van der Waals surface area contributed by atoms with Crippen LogP contribution in [0, 0.1) is 11.6 Å². The molecule has 69 heavy (non-hydrogen) atoms. The zero-order chi connectivity index (χ0) is 48.3. The number of aromatic nitrogens is 8. The van der Waals surface area contributed by atoms with Crippen LogP contribution in [-0.4, -0.2) is 119 Å². The quantitative estimate of drug-likeness (QED) is 0.0388. The minimum absolute atomic E-state index is 0.0500. The van der Waals surface area contributed by atoms with E-state index in [1.54, 1.807) is 41.5 Å². The first kappa shape index (κ1) is 47.2. The number of nitrogens with zero attached hydrogens (tertiary/aromatic N) is 12. The van der Waals surface area contributed by atoms with Crippen molar-refractivity contribution in [3.05, 3.63) is 144 Å². The Morgan fingerprint density at radius 1 is 0.667 bits per heavy atom. The largest absolute Gasteiger partial charge is 0.407 e. The van der Waals surface area contributed by atoms with Crippen molar-refractivity contribution in [2.45, 2.75) is 19.3 Å². The molecule has 8 aromatic rings. The summed E-state index contributed by atoms with van der Waals surface area (Å²) in [7, 11) is 0. The van der Waals surface area contributed by atoms with E-state index in [4.69, 9.17) is 16.6 Å². The molecular weight excluding hydrogens is 902 g/mol. The van der Waals surface area contributed by atoms with E-state index in [0.717, 1.165) is 71.0 Å². The Kier molecular flexibility index (Phi) is 14.7. The zero-order valence-electron chi connectivity index (χ0n) is 36.8. The molecule has 5 heterocycles. The van der Waals surface area contributed by atoms with Gasteiger partial charge < -0.3 is 32.6 Å². The first-order chi connectivity index (χ1) is 33.4. The number of nitrogen functional groups attached to an aromatic ring is 2. The van der Waals surface area contributed by atoms with Crippen LogP contribution in [-0.2, 0) is 13.1 Å². The number of rotatable bonds is 15. The lowest BCUT2D eigenvalue weighted by Crippen LogP contribution is -2.45. The Balaban J connectivity index is 0.000000187. The number of hydrazone groups is 2. The molecule has 23 heteroatoms. The van der Waals surface area contributed by atoms with Crippen molar-refractivity contribution in [2.24, 2.45) is 10.2 Å². The highest BCUT2D eigenvalue weighted by atomic mass is 19.4. The molecule has 0 aliphatic carbocycles. The van der Waals surface area contributed by atoms with Gasteiger partial charge in [0.2, 0.25) is 0 Å². The maximum atomic E-state index is 13.6. The van der Waals surface area contributed by atoms with Crippen LogP contribution < -0.4 is 27.5 Å². The van der Waals surface area contributed by atoms with E-state index in [-0.39, 0.29) is 35.4 Å². The number of nitrogens with two attached hydrogens (primary N) is 2. The van der Waals surface area contributed by atoms with Crippen LogP contribution in [0.25, 0.3) is 21.8 Å². The molecule has 0 unspecified atom stereocenters. The second-order valence-corrected chi connectivity index (χ2v) is 15.7. The van der Waals surface area contributed by atoms with Gasteiger partial charge in [0.25, 0.3) is 0 Å². The molecule has 1 aliphatic rings. The van der Waals surface area contributed by atoms with Gasteiger partial charge in [-0.2, -0.15) is 33.6 Å². The lowest BCUT2D eigenvalue weighted by Gasteiger charge is -2.32. The number of alkyl halides is 3. The van der Waals surface area contributed by atoms with Crippen molar-refractivity contribution in [1.29, 1.82) is 0 Å². The molecule has 1 aliphatic heterocycles. The van der Waals surface area contributed by atoms with E-state index in [1.807, 2.05) is 57.6 Å². The van der Waals surface area contributed by atoms with Crippen LogP contribution in [0.15, 0.2) is 120 Å². The molecule has 0 spiro atoms. The van der Waals surface area contributed by atoms with Gasteiger partial charge in [-0.15, -0.1) is 0 Å². The van der Waals surface area contributed by atoms with E-state index in [0.29, 0.717) is 42.5 Å². The summed E-state index contributed by atoms with van der Waals surface area (Å²) in [6, 6.07) is 24.2. The van der Waals surface area contributed by atoms with Gasteiger partial charge in [-0.3, -0.25) is 19.3 Å². The maximum Gasteiger partial charge on any atom is 0.407 e. The smallest absolute Gasteiger partial charge is 0.395 e. The Labute approximate surface area is 391 Å². The average molecular weight is 948 g/mol. The fraction of sp³-hybridized carbons (Fsp3) is 0.217. The van der Waals surface area contributed by atoms with Gasteiger partial charge in [-0.05, 0) is 71.8 Å². The molecule has 8 N–H and O–H groups in total. The summed E-state index contributed by atoms with van der Waals surface area (Å²) in [5, 5.41) is 36.2. The summed E-state index contributed by atoms with van der Waals surface area (Å²) in [6.07, 6.45) is 4.52. The van der Waals surface area contributed by atoms with Gasteiger partial charge in [0.15, 0.2) is 0 Å². The highest BCUT2D eigenvalue weighted by molar-refractivity contribution is 5.94. The van der Waals surface area contributed by atoms with Gasteiger partial charge in [-0.1, -0.05) is 24.3 Å². The van der Waals surface area contributed by atoms with Crippen LogP contribution in [0.3, 0.4) is 0 Å². The van der Waals surface area contributed by atoms with E-state index < -0.39 is 12.7 Å². The fourth-order valence-corrected chi connectivity index (χ4v) is 7.35. The average Bonchev–Trinajstić information content (AvgIpc) is 3.91. The Bertz CT molecular complexity index is 3080. The normalized spacial score (nSPS) is 13.3. The maximum absolute atomic E-state index is 13.6. The first-order valence-electron chi connectivity index (χ1n) is 21.5. The van der Waals surface area contributed by atoms with Gasteiger partial charge in [0.05, 0.1) is 66.7 Å². The third-order valence-corrected chi connectivity index (χ3v) is 10.8. The SMILES string of the molecule is Nc1ncnc(Nc2ccc3c(cnn3Cc3cccc(F)c3)c2)c1/C=N/N1CCN(CCO)CC1.Nc1ncnc(Nc2ccc3c(cnn3Cc3cccc(F)c3)c2)c1/C=N/NCC(F)(F)F. The second kappa shape index (κ2) is 21.5. The topological polar surface area (TPSA) is 227 Å². The van der Waals surface area contributed by atoms with Crippen LogP contribution >= 0.6 is 0 Å². The summed E-state index contributed by atoms with van der Waals surface area (Å²) >= 11 is 0. The number of β-amino-alcohol motifs (C(OH)–C–C–N with tert-alkyl or cyclic N) is 1. The van der Waals surface area contributed by atoms with Crippen molar-refractivity contribution in [3.63, 3.8) is 0 Å². The molecule has 4 aromatic carbocycles. The molecule has 0 atom stereocenters. The lowest BCUT2D eigenvalue weighted by molar-refractivity contribution is -0.124. The lowest BCUT2D eigenvalue weighted by atomic mass is 10.2. The van der Waals surface area contributed by atoms with Crippen molar-refractivity contribution in [3.8, 4) is 0 Å². The summed E-state index contributed by atoms with van der Waals surface area (Å²) in [4.78, 5) is 18.7. The number of nitrogens with one attached hydrogen (secondary N) is 3. The Hall–Kier alpha value is -8.31. The molecule has 9 rings (SSSR count). The number of fused-ring (bicyclic) bond motifs is 2. The summed E-state index contributed by atoms with van der Waals surface area (Å²) in [5.41, 5.74) is 19.6.